The first-order valence-corrected chi connectivity index (χ1v) is 6.69. The third-order valence-electron chi connectivity index (χ3n) is 2.96. The molecule has 5 heteroatoms. The number of halogens is 1. The van der Waals surface area contributed by atoms with E-state index in [-0.39, 0.29) is 18.0 Å². The highest BCUT2D eigenvalue weighted by atomic mass is 79.9. The van der Waals surface area contributed by atoms with Crippen molar-refractivity contribution in [3.05, 3.63) is 22.4 Å². The SMILES string of the molecule is CC(CC#N)N(C)C(=O)c1cc(Br)cn1C(C)C. The predicted molar refractivity (Wildman–Crippen MR) is 74.3 cm³/mol. The molecule has 0 aromatic carbocycles. The quantitative estimate of drug-likeness (QED) is 0.857. The van der Waals surface area contributed by atoms with Gasteiger partial charge < -0.3 is 9.47 Å². The van der Waals surface area contributed by atoms with Crippen molar-refractivity contribution < 1.29 is 4.79 Å². The Balaban J connectivity index is 3.00. The average molecular weight is 312 g/mol. The van der Waals surface area contributed by atoms with Gasteiger partial charge in [0.25, 0.3) is 5.91 Å². The van der Waals surface area contributed by atoms with E-state index >= 15 is 0 Å². The lowest BCUT2D eigenvalue weighted by molar-refractivity contribution is 0.0733. The molecule has 0 aliphatic rings. The zero-order valence-corrected chi connectivity index (χ0v) is 12.7. The fraction of sp³-hybridized carbons (Fsp3) is 0.538. The van der Waals surface area contributed by atoms with Crippen molar-refractivity contribution in [1.29, 1.82) is 5.26 Å². The summed E-state index contributed by atoms with van der Waals surface area (Å²) in [4.78, 5) is 14.0. The van der Waals surface area contributed by atoms with Gasteiger partial charge >= 0.3 is 0 Å². The summed E-state index contributed by atoms with van der Waals surface area (Å²) in [6.45, 7) is 5.93. The van der Waals surface area contributed by atoms with Gasteiger partial charge in [0.2, 0.25) is 0 Å². The van der Waals surface area contributed by atoms with Crippen LogP contribution in [0.3, 0.4) is 0 Å². The molecule has 1 rings (SSSR count). The number of nitrogens with zero attached hydrogens (tertiary/aromatic N) is 3. The van der Waals surface area contributed by atoms with Crippen molar-refractivity contribution >= 4 is 21.8 Å². The second kappa shape index (κ2) is 6.05. The van der Waals surface area contributed by atoms with Crippen molar-refractivity contribution in [2.45, 2.75) is 39.3 Å². The molecule has 0 saturated carbocycles. The number of hydrogen-bond donors (Lipinski definition) is 0. The topological polar surface area (TPSA) is 49.0 Å². The first kappa shape index (κ1) is 14.8. The zero-order chi connectivity index (χ0) is 13.9. The molecule has 0 fully saturated rings. The highest BCUT2D eigenvalue weighted by Gasteiger charge is 2.21. The normalized spacial score (nSPS) is 12.3. The molecule has 18 heavy (non-hydrogen) atoms. The summed E-state index contributed by atoms with van der Waals surface area (Å²) in [6, 6.07) is 4.04. The molecule has 1 atom stereocenters. The standard InChI is InChI=1S/C13H18BrN3O/c1-9(2)17-8-11(14)7-12(17)13(18)16(4)10(3)5-6-15/h7-10H,5H2,1-4H3. The third-order valence-corrected chi connectivity index (χ3v) is 3.39. The lowest BCUT2D eigenvalue weighted by atomic mass is 10.2. The van der Waals surface area contributed by atoms with Gasteiger partial charge in [-0.3, -0.25) is 4.79 Å². The molecule has 0 aliphatic carbocycles. The van der Waals surface area contributed by atoms with Crippen LogP contribution in [0.4, 0.5) is 0 Å². The van der Waals surface area contributed by atoms with Crippen molar-refractivity contribution in [3.63, 3.8) is 0 Å². The molecule has 1 amide bonds. The Morgan fingerprint density at radius 3 is 2.67 bits per heavy atom. The van der Waals surface area contributed by atoms with Crippen LogP contribution in [-0.2, 0) is 0 Å². The number of nitriles is 1. The number of carbonyl (C=O) groups is 1. The maximum Gasteiger partial charge on any atom is 0.270 e. The Morgan fingerprint density at radius 2 is 2.17 bits per heavy atom. The van der Waals surface area contributed by atoms with Gasteiger partial charge in [-0.2, -0.15) is 5.26 Å². The van der Waals surface area contributed by atoms with Crippen LogP contribution in [0.2, 0.25) is 0 Å². The Hall–Kier alpha value is -1.28. The molecule has 0 aliphatic heterocycles. The summed E-state index contributed by atoms with van der Waals surface area (Å²) < 4.78 is 2.82. The minimum atomic E-state index is -0.0863. The second-order valence-corrected chi connectivity index (χ2v) is 5.59. The van der Waals surface area contributed by atoms with E-state index in [0.717, 1.165) is 4.47 Å². The lowest BCUT2D eigenvalue weighted by Crippen LogP contribution is -2.36. The number of amides is 1. The van der Waals surface area contributed by atoms with Gasteiger partial charge in [0, 0.05) is 29.8 Å². The monoisotopic (exact) mass is 311 g/mol. The Labute approximate surface area is 116 Å². The molecular weight excluding hydrogens is 294 g/mol. The van der Waals surface area contributed by atoms with E-state index in [1.807, 2.05) is 37.6 Å². The van der Waals surface area contributed by atoms with Crippen LogP contribution >= 0.6 is 15.9 Å². The minimum Gasteiger partial charge on any atom is -0.340 e. The van der Waals surface area contributed by atoms with Crippen molar-refractivity contribution in [1.82, 2.24) is 9.47 Å². The number of rotatable bonds is 4. The number of aromatic nitrogens is 1. The van der Waals surface area contributed by atoms with E-state index in [9.17, 15) is 4.79 Å². The van der Waals surface area contributed by atoms with Gasteiger partial charge in [0.15, 0.2) is 0 Å². The van der Waals surface area contributed by atoms with Crippen molar-refractivity contribution in [3.8, 4) is 6.07 Å². The van der Waals surface area contributed by atoms with Crippen LogP contribution in [0.25, 0.3) is 0 Å². The predicted octanol–water partition coefficient (Wildman–Crippen LogP) is 3.21. The van der Waals surface area contributed by atoms with Crippen LogP contribution < -0.4 is 0 Å². The molecule has 1 heterocycles. The van der Waals surface area contributed by atoms with Gasteiger partial charge in [-0.1, -0.05) is 0 Å². The van der Waals surface area contributed by atoms with Gasteiger partial charge in [-0.25, -0.2) is 0 Å². The molecule has 0 bridgehead atoms. The molecular formula is C13H18BrN3O. The smallest absolute Gasteiger partial charge is 0.270 e. The van der Waals surface area contributed by atoms with E-state index in [1.54, 1.807) is 11.9 Å². The fourth-order valence-corrected chi connectivity index (χ4v) is 2.13. The largest absolute Gasteiger partial charge is 0.340 e. The van der Waals surface area contributed by atoms with Gasteiger partial charge in [0.1, 0.15) is 5.69 Å². The van der Waals surface area contributed by atoms with Crippen molar-refractivity contribution in [2.75, 3.05) is 7.05 Å². The van der Waals surface area contributed by atoms with Crippen LogP contribution in [-0.4, -0.2) is 28.5 Å². The molecule has 1 aromatic rings. The molecule has 1 aromatic heterocycles. The van der Waals surface area contributed by atoms with Crippen LogP contribution in [0, 0.1) is 11.3 Å². The van der Waals surface area contributed by atoms with Crippen LogP contribution in [0.5, 0.6) is 0 Å². The van der Waals surface area contributed by atoms with Gasteiger partial charge in [-0.15, -0.1) is 0 Å². The number of carbonyl (C=O) groups excluding carboxylic acids is 1. The van der Waals surface area contributed by atoms with Crippen LogP contribution in [0.15, 0.2) is 16.7 Å². The molecule has 98 valence electrons. The van der Waals surface area contributed by atoms with E-state index in [4.69, 9.17) is 5.26 Å². The Bertz CT molecular complexity index is 473. The van der Waals surface area contributed by atoms with E-state index in [0.29, 0.717) is 12.1 Å². The van der Waals surface area contributed by atoms with Gasteiger partial charge in [-0.05, 0) is 42.8 Å². The summed E-state index contributed by atoms with van der Waals surface area (Å²) in [6.07, 6.45) is 2.24. The maximum atomic E-state index is 12.4. The summed E-state index contributed by atoms with van der Waals surface area (Å²) in [5.41, 5.74) is 0.643. The summed E-state index contributed by atoms with van der Waals surface area (Å²) in [7, 11) is 1.73. The summed E-state index contributed by atoms with van der Waals surface area (Å²) in [5, 5.41) is 8.68. The van der Waals surface area contributed by atoms with E-state index < -0.39 is 0 Å². The van der Waals surface area contributed by atoms with E-state index in [1.165, 1.54) is 0 Å². The second-order valence-electron chi connectivity index (χ2n) is 4.67. The molecule has 4 nitrogen and oxygen atoms in total. The molecule has 1 unspecified atom stereocenters. The minimum absolute atomic E-state index is 0.0582. The molecule has 0 saturated heterocycles. The summed E-state index contributed by atoms with van der Waals surface area (Å²) >= 11 is 3.39. The van der Waals surface area contributed by atoms with Crippen LogP contribution in [0.1, 0.15) is 43.7 Å². The number of hydrogen-bond acceptors (Lipinski definition) is 2. The van der Waals surface area contributed by atoms with Gasteiger partial charge in [0.05, 0.1) is 12.5 Å². The first-order chi connectivity index (χ1) is 8.38. The molecule has 0 N–H and O–H groups in total. The Morgan fingerprint density at radius 1 is 1.56 bits per heavy atom. The van der Waals surface area contributed by atoms with Crippen molar-refractivity contribution in [2.24, 2.45) is 0 Å². The summed E-state index contributed by atoms with van der Waals surface area (Å²) in [5.74, 6) is -0.0582. The maximum absolute atomic E-state index is 12.4. The Kier molecular flexibility index (Phi) is 4.97. The third kappa shape index (κ3) is 3.14. The highest BCUT2D eigenvalue weighted by Crippen LogP contribution is 2.21. The fourth-order valence-electron chi connectivity index (χ4n) is 1.69. The zero-order valence-electron chi connectivity index (χ0n) is 11.1. The lowest BCUT2D eigenvalue weighted by Gasteiger charge is -2.24. The molecule has 0 radical (unpaired) electrons. The molecule has 0 spiro atoms. The van der Waals surface area contributed by atoms with E-state index in [2.05, 4.69) is 22.0 Å². The average Bonchev–Trinajstić information content (AvgIpc) is 2.69. The highest BCUT2D eigenvalue weighted by molar-refractivity contribution is 9.10. The first-order valence-electron chi connectivity index (χ1n) is 5.90.